The molecule has 5 heteroatoms. The van der Waals surface area contributed by atoms with Gasteiger partial charge in [0.15, 0.2) is 0 Å². The molecule has 1 rings (SSSR count). The Morgan fingerprint density at radius 2 is 1.95 bits per heavy atom. The molecule has 0 spiro atoms. The molecule has 0 bridgehead atoms. The Morgan fingerprint density at radius 3 is 2.43 bits per heavy atom. The highest BCUT2D eigenvalue weighted by molar-refractivity contribution is 5.94. The molecular formula is C16H21NO4. The second-order valence-electron chi connectivity index (χ2n) is 4.82. The summed E-state index contributed by atoms with van der Waals surface area (Å²) in [6, 6.07) is 6.33. The summed E-state index contributed by atoms with van der Waals surface area (Å²) in [5.41, 5.74) is 0.835. The predicted octanol–water partition coefficient (Wildman–Crippen LogP) is 2.32. The zero-order valence-electron chi connectivity index (χ0n) is 12.5. The van der Waals surface area contributed by atoms with Crippen LogP contribution in [0.5, 0.6) is 5.75 Å². The van der Waals surface area contributed by atoms with Crippen molar-refractivity contribution in [1.29, 1.82) is 0 Å². The van der Waals surface area contributed by atoms with Crippen LogP contribution in [0.2, 0.25) is 0 Å². The van der Waals surface area contributed by atoms with Crippen molar-refractivity contribution >= 4 is 18.0 Å². The second kappa shape index (κ2) is 8.09. The lowest BCUT2D eigenvalue weighted by atomic mass is 9.99. The largest absolute Gasteiger partial charge is 0.497 e. The Hall–Kier alpha value is -2.30. The third-order valence-electron chi connectivity index (χ3n) is 3.32. The molecule has 0 fully saturated rings. The number of carboxylic acids is 1. The lowest BCUT2D eigenvalue weighted by molar-refractivity contribution is -0.142. The van der Waals surface area contributed by atoms with Crippen LogP contribution < -0.4 is 10.1 Å². The molecular weight excluding hydrogens is 270 g/mol. The van der Waals surface area contributed by atoms with Gasteiger partial charge in [-0.05, 0) is 29.7 Å². The third kappa shape index (κ3) is 5.30. The fourth-order valence-electron chi connectivity index (χ4n) is 1.77. The summed E-state index contributed by atoms with van der Waals surface area (Å²) >= 11 is 0. The number of carbonyl (C=O) groups excluding carboxylic acids is 1. The van der Waals surface area contributed by atoms with Gasteiger partial charge in [0.1, 0.15) is 11.8 Å². The van der Waals surface area contributed by atoms with Gasteiger partial charge in [-0.15, -0.1) is 0 Å². The van der Waals surface area contributed by atoms with Crippen molar-refractivity contribution in [3.63, 3.8) is 0 Å². The standard InChI is InChI=1S/C16H21NO4/c1-4-11(2)15(16(19)20)17-14(18)10-7-12-5-8-13(21-3)9-6-12/h5-11,15H,4H2,1-3H3,(H,17,18)(H,19,20)/b10-7+/t11?,15-/m0/s1. The van der Waals surface area contributed by atoms with Gasteiger partial charge in [-0.1, -0.05) is 32.4 Å². The molecule has 21 heavy (non-hydrogen) atoms. The molecule has 1 amide bonds. The van der Waals surface area contributed by atoms with Crippen LogP contribution in [-0.4, -0.2) is 30.1 Å². The number of rotatable bonds is 7. The SMILES string of the molecule is CCC(C)[C@H](NC(=O)/C=C/c1ccc(OC)cc1)C(=O)O. The summed E-state index contributed by atoms with van der Waals surface area (Å²) in [6.45, 7) is 3.69. The lowest BCUT2D eigenvalue weighted by Gasteiger charge is -2.19. The molecule has 0 aliphatic rings. The van der Waals surface area contributed by atoms with Crippen LogP contribution >= 0.6 is 0 Å². The van der Waals surface area contributed by atoms with Crippen LogP contribution in [0.25, 0.3) is 6.08 Å². The first-order valence-corrected chi connectivity index (χ1v) is 6.83. The number of hydrogen-bond acceptors (Lipinski definition) is 3. The molecule has 2 atom stereocenters. The number of ether oxygens (including phenoxy) is 1. The van der Waals surface area contributed by atoms with Gasteiger partial charge in [0.2, 0.25) is 5.91 Å². The van der Waals surface area contributed by atoms with Crippen molar-refractivity contribution in [3.05, 3.63) is 35.9 Å². The summed E-state index contributed by atoms with van der Waals surface area (Å²) in [6.07, 6.45) is 3.64. The van der Waals surface area contributed by atoms with Crippen molar-refractivity contribution in [3.8, 4) is 5.75 Å². The highest BCUT2D eigenvalue weighted by Gasteiger charge is 2.24. The van der Waals surface area contributed by atoms with Crippen LogP contribution in [0.15, 0.2) is 30.3 Å². The van der Waals surface area contributed by atoms with E-state index in [9.17, 15) is 9.59 Å². The number of hydrogen-bond donors (Lipinski definition) is 2. The molecule has 0 saturated carbocycles. The van der Waals surface area contributed by atoms with Gasteiger partial charge in [-0.25, -0.2) is 4.79 Å². The highest BCUT2D eigenvalue weighted by Crippen LogP contribution is 2.12. The molecule has 0 heterocycles. The average molecular weight is 291 g/mol. The number of carboxylic acid groups (broad SMARTS) is 1. The third-order valence-corrected chi connectivity index (χ3v) is 3.32. The van der Waals surface area contributed by atoms with Crippen molar-refractivity contribution < 1.29 is 19.4 Å². The van der Waals surface area contributed by atoms with Gasteiger partial charge in [0.05, 0.1) is 7.11 Å². The van der Waals surface area contributed by atoms with E-state index >= 15 is 0 Å². The molecule has 1 unspecified atom stereocenters. The van der Waals surface area contributed by atoms with Crippen LogP contribution in [0.4, 0.5) is 0 Å². The van der Waals surface area contributed by atoms with E-state index in [1.54, 1.807) is 32.2 Å². The van der Waals surface area contributed by atoms with Gasteiger partial charge in [-0.3, -0.25) is 4.79 Å². The summed E-state index contributed by atoms with van der Waals surface area (Å²) in [7, 11) is 1.58. The zero-order valence-corrected chi connectivity index (χ0v) is 12.5. The van der Waals surface area contributed by atoms with Gasteiger partial charge in [0.25, 0.3) is 0 Å². The minimum absolute atomic E-state index is 0.124. The van der Waals surface area contributed by atoms with Crippen LogP contribution in [-0.2, 0) is 9.59 Å². The molecule has 0 radical (unpaired) electrons. The molecule has 5 nitrogen and oxygen atoms in total. The zero-order chi connectivity index (χ0) is 15.8. The van der Waals surface area contributed by atoms with Gasteiger partial charge in [0, 0.05) is 6.08 Å². The van der Waals surface area contributed by atoms with Gasteiger partial charge in [-0.2, -0.15) is 0 Å². The summed E-state index contributed by atoms with van der Waals surface area (Å²) in [5, 5.41) is 11.6. The molecule has 2 N–H and O–H groups in total. The summed E-state index contributed by atoms with van der Waals surface area (Å²) < 4.78 is 5.04. The number of benzene rings is 1. The quantitative estimate of drug-likeness (QED) is 0.756. The van der Waals surface area contributed by atoms with E-state index in [2.05, 4.69) is 5.32 Å². The average Bonchev–Trinajstić information content (AvgIpc) is 2.50. The van der Waals surface area contributed by atoms with Gasteiger partial charge >= 0.3 is 5.97 Å². The Labute approximate surface area is 124 Å². The minimum atomic E-state index is -1.02. The van der Waals surface area contributed by atoms with Crippen molar-refractivity contribution in [2.75, 3.05) is 7.11 Å². The van der Waals surface area contributed by atoms with Crippen molar-refractivity contribution in [2.24, 2.45) is 5.92 Å². The fraction of sp³-hybridized carbons (Fsp3) is 0.375. The van der Waals surface area contributed by atoms with Crippen LogP contribution in [0.3, 0.4) is 0 Å². The molecule has 114 valence electrons. The molecule has 0 saturated heterocycles. The topological polar surface area (TPSA) is 75.6 Å². The van der Waals surface area contributed by atoms with Crippen LogP contribution in [0.1, 0.15) is 25.8 Å². The van der Waals surface area contributed by atoms with Crippen molar-refractivity contribution in [1.82, 2.24) is 5.32 Å². The number of nitrogens with one attached hydrogen (secondary N) is 1. The van der Waals surface area contributed by atoms with Gasteiger partial charge < -0.3 is 15.2 Å². The monoisotopic (exact) mass is 291 g/mol. The Kier molecular flexibility index (Phi) is 6.46. The van der Waals surface area contributed by atoms with E-state index in [0.29, 0.717) is 6.42 Å². The van der Waals surface area contributed by atoms with Crippen molar-refractivity contribution in [2.45, 2.75) is 26.3 Å². The maximum Gasteiger partial charge on any atom is 0.326 e. The first-order chi connectivity index (χ1) is 9.97. The summed E-state index contributed by atoms with van der Waals surface area (Å²) in [4.78, 5) is 22.9. The first-order valence-electron chi connectivity index (χ1n) is 6.83. The molecule has 1 aromatic carbocycles. The number of carbonyl (C=O) groups is 2. The Bertz CT molecular complexity index is 508. The minimum Gasteiger partial charge on any atom is -0.497 e. The van der Waals surface area contributed by atoms with E-state index in [1.165, 1.54) is 6.08 Å². The first kappa shape index (κ1) is 16.8. The summed E-state index contributed by atoms with van der Waals surface area (Å²) in [5.74, 6) is -0.825. The predicted molar refractivity (Wildman–Crippen MR) is 81.0 cm³/mol. The molecule has 0 aromatic heterocycles. The van der Waals surface area contributed by atoms with E-state index in [0.717, 1.165) is 11.3 Å². The highest BCUT2D eigenvalue weighted by atomic mass is 16.5. The Morgan fingerprint density at radius 1 is 1.33 bits per heavy atom. The maximum atomic E-state index is 11.8. The fourth-order valence-corrected chi connectivity index (χ4v) is 1.77. The van der Waals surface area contributed by atoms with Crippen LogP contribution in [0, 0.1) is 5.92 Å². The number of methoxy groups -OCH3 is 1. The van der Waals surface area contributed by atoms with E-state index in [1.807, 2.05) is 19.1 Å². The number of aliphatic carboxylic acids is 1. The second-order valence-corrected chi connectivity index (χ2v) is 4.82. The van der Waals surface area contributed by atoms with E-state index in [4.69, 9.17) is 9.84 Å². The lowest BCUT2D eigenvalue weighted by Crippen LogP contribution is -2.44. The molecule has 0 aliphatic heterocycles. The molecule has 0 aliphatic carbocycles. The number of amides is 1. The molecule has 1 aromatic rings. The Balaban J connectivity index is 2.66. The smallest absolute Gasteiger partial charge is 0.326 e. The van der Waals surface area contributed by atoms with E-state index in [-0.39, 0.29) is 5.92 Å². The van der Waals surface area contributed by atoms with E-state index < -0.39 is 17.9 Å². The normalized spacial score (nSPS) is 13.7. The maximum absolute atomic E-state index is 11.8.